The Labute approximate surface area is 201 Å². The molecule has 0 radical (unpaired) electrons. The molecule has 3 rings (SSSR count). The smallest absolute Gasteiger partial charge is 0.306 e. The number of benzene rings is 2. The van der Waals surface area contributed by atoms with Gasteiger partial charge in [0.2, 0.25) is 0 Å². The quantitative estimate of drug-likeness (QED) is 0.340. The first-order valence-corrected chi connectivity index (χ1v) is 12.5. The molecule has 4 nitrogen and oxygen atoms in total. The topological polar surface area (TPSA) is 49.8 Å². The summed E-state index contributed by atoms with van der Waals surface area (Å²) in [5.41, 5.74) is 1.69. The molecule has 186 valence electrons. The van der Waals surface area contributed by atoms with Gasteiger partial charge in [0.25, 0.3) is 0 Å². The van der Waals surface area contributed by atoms with Gasteiger partial charge in [0.1, 0.15) is 17.7 Å². The van der Waals surface area contributed by atoms with E-state index in [1.54, 1.807) is 24.3 Å². The van der Waals surface area contributed by atoms with Crippen molar-refractivity contribution in [3.05, 3.63) is 71.3 Å². The van der Waals surface area contributed by atoms with Crippen LogP contribution in [0, 0.1) is 23.5 Å². The number of hydrogen-bond acceptors (Lipinski definition) is 3. The van der Waals surface area contributed by atoms with Crippen LogP contribution in [-0.2, 0) is 9.53 Å². The number of ether oxygens (including phenoxy) is 1. The van der Waals surface area contributed by atoms with Gasteiger partial charge in [0, 0.05) is 6.54 Å². The van der Waals surface area contributed by atoms with E-state index < -0.39 is 5.97 Å². The summed E-state index contributed by atoms with van der Waals surface area (Å²) in [4.78, 5) is 13.6. The Morgan fingerprint density at radius 3 is 2.06 bits per heavy atom. The summed E-state index contributed by atoms with van der Waals surface area (Å²) in [6.07, 6.45) is 6.73. The zero-order valence-electron chi connectivity index (χ0n) is 20.1. The number of likely N-dealkylation sites (tertiary alicyclic amines) is 1. The number of carboxylic acid groups (broad SMARTS) is 1. The lowest BCUT2D eigenvalue weighted by Gasteiger charge is -2.32. The Balaban J connectivity index is 1.41. The maximum atomic E-state index is 13.4. The predicted molar refractivity (Wildman–Crippen MR) is 130 cm³/mol. The Kier molecular flexibility index (Phi) is 10.5. The van der Waals surface area contributed by atoms with Crippen LogP contribution in [0.25, 0.3) is 0 Å². The van der Waals surface area contributed by atoms with Crippen molar-refractivity contribution < 1.29 is 23.4 Å². The van der Waals surface area contributed by atoms with E-state index in [9.17, 15) is 13.6 Å². The van der Waals surface area contributed by atoms with Crippen molar-refractivity contribution in [3.8, 4) is 0 Å². The molecule has 1 aliphatic heterocycles. The predicted octanol–water partition coefficient (Wildman–Crippen LogP) is 6.45. The molecular formula is C28H37F2NO3. The second-order valence-electron chi connectivity index (χ2n) is 9.37. The fourth-order valence-corrected chi connectivity index (χ4v) is 4.78. The second-order valence-corrected chi connectivity index (χ2v) is 9.37. The largest absolute Gasteiger partial charge is 0.481 e. The molecular weight excluding hydrogens is 436 g/mol. The van der Waals surface area contributed by atoms with Crippen LogP contribution in [0.5, 0.6) is 0 Å². The summed E-state index contributed by atoms with van der Waals surface area (Å²) in [6, 6.07) is 12.5. The van der Waals surface area contributed by atoms with E-state index in [0.717, 1.165) is 62.9 Å². The number of piperidine rings is 1. The van der Waals surface area contributed by atoms with Gasteiger partial charge in [-0.25, -0.2) is 8.78 Å². The third-order valence-corrected chi connectivity index (χ3v) is 7.00. The van der Waals surface area contributed by atoms with E-state index in [1.807, 2.05) is 6.92 Å². The Morgan fingerprint density at radius 2 is 1.56 bits per heavy atom. The molecule has 0 amide bonds. The Morgan fingerprint density at radius 1 is 1.00 bits per heavy atom. The first-order chi connectivity index (χ1) is 16.5. The fraction of sp³-hybridized carbons (Fsp3) is 0.536. The zero-order chi connectivity index (χ0) is 24.3. The average molecular weight is 474 g/mol. The third-order valence-electron chi connectivity index (χ3n) is 7.00. The van der Waals surface area contributed by atoms with Gasteiger partial charge in [-0.15, -0.1) is 0 Å². The lowest BCUT2D eigenvalue weighted by atomic mass is 9.90. The van der Waals surface area contributed by atoms with Gasteiger partial charge in [-0.3, -0.25) is 4.79 Å². The van der Waals surface area contributed by atoms with Crippen LogP contribution in [0.3, 0.4) is 0 Å². The van der Waals surface area contributed by atoms with Crippen molar-refractivity contribution in [3.63, 3.8) is 0 Å². The molecule has 0 aromatic heterocycles. The summed E-state index contributed by atoms with van der Waals surface area (Å²) >= 11 is 0. The second kappa shape index (κ2) is 13.5. The summed E-state index contributed by atoms with van der Waals surface area (Å²) in [5.74, 6) is -0.740. The molecule has 34 heavy (non-hydrogen) atoms. The maximum Gasteiger partial charge on any atom is 0.306 e. The van der Waals surface area contributed by atoms with Gasteiger partial charge in [-0.2, -0.15) is 0 Å². The number of carbonyl (C=O) groups is 1. The van der Waals surface area contributed by atoms with Crippen LogP contribution < -0.4 is 0 Å². The van der Waals surface area contributed by atoms with Gasteiger partial charge >= 0.3 is 5.97 Å². The third kappa shape index (κ3) is 8.17. The lowest BCUT2D eigenvalue weighted by molar-refractivity contribution is -0.142. The molecule has 1 atom stereocenters. The molecule has 1 unspecified atom stereocenters. The number of rotatable bonds is 13. The van der Waals surface area contributed by atoms with Crippen molar-refractivity contribution in [2.75, 3.05) is 26.2 Å². The molecule has 0 saturated carbocycles. The number of unbranched alkanes of at least 4 members (excludes halogenated alkanes) is 1. The number of carboxylic acids is 1. The summed E-state index contributed by atoms with van der Waals surface area (Å²) in [7, 11) is 0. The monoisotopic (exact) mass is 473 g/mol. The van der Waals surface area contributed by atoms with Crippen molar-refractivity contribution in [2.24, 2.45) is 11.8 Å². The molecule has 0 spiro atoms. The standard InChI is InChI=1S/C28H37F2NO3/c1-2-22(28(32)33)6-4-3-5-21-15-17-31(18-16-21)19-20-34-27(23-7-11-25(29)12-8-23)24-9-13-26(30)14-10-24/h7-14,21-22,27H,2-6,15-20H2,1H3,(H,32,33). The van der Waals surface area contributed by atoms with Gasteiger partial charge in [0.15, 0.2) is 0 Å². The molecule has 2 aromatic rings. The van der Waals surface area contributed by atoms with Crippen LogP contribution >= 0.6 is 0 Å². The normalized spacial score (nSPS) is 16.1. The molecule has 1 aliphatic rings. The number of hydrogen-bond donors (Lipinski definition) is 1. The van der Waals surface area contributed by atoms with E-state index in [-0.39, 0.29) is 23.7 Å². The Bertz CT molecular complexity index is 819. The summed E-state index contributed by atoms with van der Waals surface area (Å²) in [6.45, 7) is 5.39. The molecule has 1 heterocycles. The van der Waals surface area contributed by atoms with E-state index in [0.29, 0.717) is 18.9 Å². The minimum Gasteiger partial charge on any atom is -0.481 e. The zero-order valence-corrected chi connectivity index (χ0v) is 20.1. The highest BCUT2D eigenvalue weighted by atomic mass is 19.1. The van der Waals surface area contributed by atoms with Gasteiger partial charge in [0.05, 0.1) is 12.5 Å². The average Bonchev–Trinajstić information content (AvgIpc) is 2.84. The molecule has 1 N–H and O–H groups in total. The molecule has 1 fully saturated rings. The highest BCUT2D eigenvalue weighted by Crippen LogP contribution is 2.28. The van der Waals surface area contributed by atoms with Crippen molar-refractivity contribution >= 4 is 5.97 Å². The van der Waals surface area contributed by atoms with Crippen molar-refractivity contribution in [1.82, 2.24) is 4.90 Å². The van der Waals surface area contributed by atoms with Crippen molar-refractivity contribution in [1.29, 1.82) is 0 Å². The first-order valence-electron chi connectivity index (χ1n) is 12.5. The number of halogens is 2. The lowest BCUT2D eigenvalue weighted by Crippen LogP contribution is -2.36. The minimum atomic E-state index is -0.667. The van der Waals surface area contributed by atoms with Crippen molar-refractivity contribution in [2.45, 2.75) is 58.0 Å². The van der Waals surface area contributed by atoms with E-state index >= 15 is 0 Å². The molecule has 1 saturated heterocycles. The molecule has 6 heteroatoms. The number of aliphatic carboxylic acids is 1. The van der Waals surface area contributed by atoms with Crippen LogP contribution in [0.15, 0.2) is 48.5 Å². The number of nitrogens with zero attached hydrogens (tertiary/aromatic N) is 1. The maximum absolute atomic E-state index is 13.4. The first kappa shape index (κ1) is 26.3. The Hall–Kier alpha value is -2.31. The van der Waals surface area contributed by atoms with E-state index in [4.69, 9.17) is 9.84 Å². The fourth-order valence-electron chi connectivity index (χ4n) is 4.78. The summed E-state index contributed by atoms with van der Waals surface area (Å²) < 4.78 is 33.0. The molecule has 0 aliphatic carbocycles. The highest BCUT2D eigenvalue weighted by Gasteiger charge is 2.21. The molecule has 2 aromatic carbocycles. The van der Waals surface area contributed by atoms with Crippen LogP contribution in [-0.4, -0.2) is 42.2 Å². The van der Waals surface area contributed by atoms with Crippen LogP contribution in [0.4, 0.5) is 8.78 Å². The van der Waals surface area contributed by atoms with Crippen LogP contribution in [0.2, 0.25) is 0 Å². The van der Waals surface area contributed by atoms with Gasteiger partial charge in [-0.1, -0.05) is 50.5 Å². The molecule has 0 bridgehead atoms. The van der Waals surface area contributed by atoms with E-state index in [1.165, 1.54) is 30.7 Å². The summed E-state index contributed by atoms with van der Waals surface area (Å²) in [5, 5.41) is 9.16. The minimum absolute atomic E-state index is 0.199. The van der Waals surface area contributed by atoms with Crippen LogP contribution in [0.1, 0.15) is 69.1 Å². The van der Waals surface area contributed by atoms with E-state index in [2.05, 4.69) is 4.90 Å². The SMILES string of the molecule is CCC(CCCCC1CCN(CCOC(c2ccc(F)cc2)c2ccc(F)cc2)CC1)C(=O)O. The van der Waals surface area contributed by atoms with Gasteiger partial charge in [-0.05, 0) is 80.1 Å². The highest BCUT2D eigenvalue weighted by molar-refractivity contribution is 5.69. The van der Waals surface area contributed by atoms with Gasteiger partial charge < -0.3 is 14.7 Å².